The Morgan fingerprint density at radius 2 is 1.72 bits per heavy atom. The Hall–Kier alpha value is -1.10. The van der Waals surface area contributed by atoms with Gasteiger partial charge >= 0.3 is 0 Å². The van der Waals surface area contributed by atoms with Crippen molar-refractivity contribution in [3.63, 3.8) is 0 Å². The van der Waals surface area contributed by atoms with Crippen molar-refractivity contribution in [3.8, 4) is 0 Å². The Bertz CT molecular complexity index is 342. The molecule has 0 amide bonds. The lowest BCUT2D eigenvalue weighted by atomic mass is 10.1. The predicted molar refractivity (Wildman–Crippen MR) is 74.8 cm³/mol. The number of benzene rings is 1. The van der Waals surface area contributed by atoms with E-state index in [0.717, 1.165) is 19.5 Å². The van der Waals surface area contributed by atoms with E-state index in [1.165, 1.54) is 11.3 Å². The van der Waals surface area contributed by atoms with Gasteiger partial charge in [-0.2, -0.15) is 0 Å². The Balaban J connectivity index is 2.73. The van der Waals surface area contributed by atoms with Crippen LogP contribution in [0.15, 0.2) is 24.3 Å². The third kappa shape index (κ3) is 4.64. The molecule has 1 aromatic rings. The van der Waals surface area contributed by atoms with Gasteiger partial charge in [0.25, 0.3) is 0 Å². The summed E-state index contributed by atoms with van der Waals surface area (Å²) in [5.74, 6) is 0. The SMILES string of the molecule is CN(C)c1ccccc1CN(CCO)CCCO. The maximum Gasteiger partial charge on any atom is 0.0558 e. The van der Waals surface area contributed by atoms with E-state index in [9.17, 15) is 0 Å². The minimum atomic E-state index is 0.148. The number of aliphatic hydroxyl groups excluding tert-OH is 2. The molecule has 0 atom stereocenters. The standard InChI is InChI=1S/C14H24N2O2/c1-15(2)14-7-4-3-6-13(14)12-16(9-11-18)8-5-10-17/h3-4,6-7,17-18H,5,8-12H2,1-2H3. The van der Waals surface area contributed by atoms with Gasteiger partial charge in [-0.05, 0) is 18.1 Å². The third-order valence-electron chi connectivity index (χ3n) is 2.92. The molecule has 0 aromatic heterocycles. The summed E-state index contributed by atoms with van der Waals surface area (Å²) in [5, 5.41) is 18.0. The first-order valence-electron chi connectivity index (χ1n) is 6.38. The highest BCUT2D eigenvalue weighted by Gasteiger charge is 2.09. The van der Waals surface area contributed by atoms with E-state index in [1.54, 1.807) is 0 Å². The monoisotopic (exact) mass is 252 g/mol. The molecule has 0 fully saturated rings. The van der Waals surface area contributed by atoms with Crippen LogP contribution in [0.3, 0.4) is 0 Å². The average molecular weight is 252 g/mol. The molecule has 1 aromatic carbocycles. The van der Waals surface area contributed by atoms with Crippen molar-refractivity contribution in [1.29, 1.82) is 0 Å². The van der Waals surface area contributed by atoms with Crippen molar-refractivity contribution in [2.24, 2.45) is 0 Å². The zero-order chi connectivity index (χ0) is 13.4. The van der Waals surface area contributed by atoms with E-state index in [1.807, 2.05) is 26.2 Å². The molecule has 0 aliphatic heterocycles. The second-order valence-corrected chi connectivity index (χ2v) is 4.60. The number of para-hydroxylation sites is 1. The minimum Gasteiger partial charge on any atom is -0.396 e. The maximum absolute atomic E-state index is 9.08. The van der Waals surface area contributed by atoms with Gasteiger partial charge < -0.3 is 15.1 Å². The fraction of sp³-hybridized carbons (Fsp3) is 0.571. The van der Waals surface area contributed by atoms with Crippen molar-refractivity contribution in [1.82, 2.24) is 4.90 Å². The van der Waals surface area contributed by atoms with Crippen LogP contribution in [0.25, 0.3) is 0 Å². The lowest BCUT2D eigenvalue weighted by molar-refractivity contribution is 0.174. The molecule has 4 nitrogen and oxygen atoms in total. The number of aliphatic hydroxyl groups is 2. The van der Waals surface area contributed by atoms with Gasteiger partial charge in [0.1, 0.15) is 0 Å². The number of anilines is 1. The summed E-state index contributed by atoms with van der Waals surface area (Å²) in [6, 6.07) is 8.27. The molecule has 0 saturated heterocycles. The van der Waals surface area contributed by atoms with E-state index < -0.39 is 0 Å². The predicted octanol–water partition coefficient (Wildman–Crippen LogP) is 0.929. The lowest BCUT2D eigenvalue weighted by Crippen LogP contribution is -2.29. The molecule has 0 aliphatic rings. The lowest BCUT2D eigenvalue weighted by Gasteiger charge is -2.24. The van der Waals surface area contributed by atoms with Gasteiger partial charge in [-0.25, -0.2) is 0 Å². The topological polar surface area (TPSA) is 46.9 Å². The molecule has 0 heterocycles. The molecular formula is C14H24N2O2. The van der Waals surface area contributed by atoms with Crippen molar-refractivity contribution in [3.05, 3.63) is 29.8 Å². The number of hydrogen-bond acceptors (Lipinski definition) is 4. The second-order valence-electron chi connectivity index (χ2n) is 4.60. The largest absolute Gasteiger partial charge is 0.396 e. The molecule has 4 heteroatoms. The summed E-state index contributed by atoms with van der Waals surface area (Å²) in [4.78, 5) is 4.26. The Morgan fingerprint density at radius 1 is 1.00 bits per heavy atom. The fourth-order valence-corrected chi connectivity index (χ4v) is 2.03. The summed E-state index contributed by atoms with van der Waals surface area (Å²) in [6.45, 7) is 2.59. The van der Waals surface area contributed by atoms with Gasteiger partial charge in [-0.1, -0.05) is 18.2 Å². The Kier molecular flexibility index (Phi) is 6.72. The highest BCUT2D eigenvalue weighted by atomic mass is 16.3. The van der Waals surface area contributed by atoms with Crippen molar-refractivity contribution in [2.75, 3.05) is 45.3 Å². The van der Waals surface area contributed by atoms with E-state index in [4.69, 9.17) is 10.2 Å². The van der Waals surface area contributed by atoms with Gasteiger partial charge in [0.2, 0.25) is 0 Å². The first-order chi connectivity index (χ1) is 8.69. The summed E-state index contributed by atoms with van der Waals surface area (Å²) in [5.41, 5.74) is 2.44. The van der Waals surface area contributed by atoms with Crippen LogP contribution in [0.1, 0.15) is 12.0 Å². The summed E-state index contributed by atoms with van der Waals surface area (Å²) in [7, 11) is 4.06. The first kappa shape index (κ1) is 15.0. The molecule has 0 saturated carbocycles. The fourth-order valence-electron chi connectivity index (χ4n) is 2.03. The van der Waals surface area contributed by atoms with Crippen LogP contribution in [0.5, 0.6) is 0 Å². The summed E-state index contributed by atoms with van der Waals surface area (Å²) in [6.07, 6.45) is 0.740. The van der Waals surface area contributed by atoms with E-state index in [0.29, 0.717) is 6.54 Å². The number of rotatable bonds is 8. The molecule has 0 bridgehead atoms. The molecule has 2 N–H and O–H groups in total. The second kappa shape index (κ2) is 8.08. The zero-order valence-corrected chi connectivity index (χ0v) is 11.3. The van der Waals surface area contributed by atoms with E-state index >= 15 is 0 Å². The minimum absolute atomic E-state index is 0.148. The number of hydrogen-bond donors (Lipinski definition) is 2. The number of nitrogens with zero attached hydrogens (tertiary/aromatic N) is 2. The molecule has 0 aliphatic carbocycles. The smallest absolute Gasteiger partial charge is 0.0558 e. The van der Waals surface area contributed by atoms with Gasteiger partial charge in [0, 0.05) is 46.0 Å². The van der Waals surface area contributed by atoms with Crippen LogP contribution in [0, 0.1) is 0 Å². The van der Waals surface area contributed by atoms with Crippen LogP contribution in [-0.2, 0) is 6.54 Å². The van der Waals surface area contributed by atoms with Crippen molar-refractivity contribution >= 4 is 5.69 Å². The summed E-state index contributed by atoms with van der Waals surface area (Å²) >= 11 is 0. The highest BCUT2D eigenvalue weighted by Crippen LogP contribution is 2.19. The van der Waals surface area contributed by atoms with Gasteiger partial charge in [0.05, 0.1) is 6.61 Å². The molecule has 102 valence electrons. The average Bonchev–Trinajstić information content (AvgIpc) is 2.36. The molecular weight excluding hydrogens is 228 g/mol. The van der Waals surface area contributed by atoms with Crippen molar-refractivity contribution < 1.29 is 10.2 Å². The normalized spacial score (nSPS) is 10.9. The highest BCUT2D eigenvalue weighted by molar-refractivity contribution is 5.52. The van der Waals surface area contributed by atoms with Crippen molar-refractivity contribution in [2.45, 2.75) is 13.0 Å². The molecule has 0 radical (unpaired) electrons. The van der Waals surface area contributed by atoms with Crippen LogP contribution in [0.2, 0.25) is 0 Å². The first-order valence-corrected chi connectivity index (χ1v) is 6.38. The van der Waals surface area contributed by atoms with Crippen LogP contribution < -0.4 is 4.90 Å². The molecule has 0 unspecified atom stereocenters. The van der Waals surface area contributed by atoms with Crippen LogP contribution in [-0.4, -0.2) is 55.5 Å². The van der Waals surface area contributed by atoms with E-state index in [-0.39, 0.29) is 13.2 Å². The molecule has 0 spiro atoms. The Labute approximate surface area is 109 Å². The van der Waals surface area contributed by atoms with Gasteiger partial charge in [-0.15, -0.1) is 0 Å². The van der Waals surface area contributed by atoms with Gasteiger partial charge in [0.15, 0.2) is 0 Å². The zero-order valence-electron chi connectivity index (χ0n) is 11.3. The van der Waals surface area contributed by atoms with E-state index in [2.05, 4.69) is 21.9 Å². The third-order valence-corrected chi connectivity index (χ3v) is 2.92. The molecule has 1 rings (SSSR count). The summed E-state index contributed by atoms with van der Waals surface area (Å²) < 4.78 is 0. The van der Waals surface area contributed by atoms with Gasteiger partial charge in [-0.3, -0.25) is 4.90 Å². The quantitative estimate of drug-likeness (QED) is 0.722. The van der Waals surface area contributed by atoms with Crippen LogP contribution in [0.4, 0.5) is 5.69 Å². The molecule has 18 heavy (non-hydrogen) atoms. The van der Waals surface area contributed by atoms with Crippen LogP contribution >= 0.6 is 0 Å². The Morgan fingerprint density at radius 3 is 2.33 bits per heavy atom. The maximum atomic E-state index is 9.08.